The third-order valence-corrected chi connectivity index (χ3v) is 2.77. The van der Waals surface area contributed by atoms with Crippen LogP contribution in [0.2, 0.25) is 0 Å². The van der Waals surface area contributed by atoms with E-state index >= 15 is 0 Å². The van der Waals surface area contributed by atoms with E-state index in [1.54, 1.807) is 6.07 Å². The number of carbonyl (C=O) groups excluding carboxylic acids is 1. The average molecular weight is 264 g/mol. The molecule has 0 saturated heterocycles. The van der Waals surface area contributed by atoms with Crippen LogP contribution in [0.5, 0.6) is 0 Å². The smallest absolute Gasteiger partial charge is 0.320 e. The minimum atomic E-state index is -0.869. The highest BCUT2D eigenvalue weighted by atomic mass is 16.4. The second-order valence-electron chi connectivity index (χ2n) is 4.78. The van der Waals surface area contributed by atoms with Crippen molar-refractivity contribution in [3.63, 3.8) is 0 Å². The van der Waals surface area contributed by atoms with Crippen LogP contribution in [0.25, 0.3) is 0 Å². The molecule has 3 N–H and O–H groups in total. The number of carboxylic acid groups (broad SMARTS) is 1. The highest BCUT2D eigenvalue weighted by Gasteiger charge is 2.20. The highest BCUT2D eigenvalue weighted by Crippen LogP contribution is 2.15. The van der Waals surface area contributed by atoms with Gasteiger partial charge in [-0.05, 0) is 17.5 Å². The third kappa shape index (κ3) is 4.71. The Morgan fingerprint density at radius 2 is 1.89 bits per heavy atom. The number of amides is 1. The molecule has 1 unspecified atom stereocenters. The first kappa shape index (κ1) is 15.2. The summed E-state index contributed by atoms with van der Waals surface area (Å²) in [5, 5.41) is 14.8. The molecule has 0 saturated carbocycles. The SMILES string of the molecule is CC(=O)Nc1ccccc1CNC(C(=O)O)C(C)C. The summed E-state index contributed by atoms with van der Waals surface area (Å²) >= 11 is 0. The van der Waals surface area contributed by atoms with Crippen LogP contribution in [0, 0.1) is 5.92 Å². The largest absolute Gasteiger partial charge is 0.480 e. The molecule has 0 spiro atoms. The van der Waals surface area contributed by atoms with Crippen molar-refractivity contribution in [3.05, 3.63) is 29.8 Å². The topological polar surface area (TPSA) is 78.4 Å². The van der Waals surface area contributed by atoms with E-state index in [9.17, 15) is 9.59 Å². The zero-order valence-corrected chi connectivity index (χ0v) is 11.4. The lowest BCUT2D eigenvalue weighted by Crippen LogP contribution is -2.40. The summed E-state index contributed by atoms with van der Waals surface area (Å²) in [6.45, 7) is 5.54. The number of carbonyl (C=O) groups is 2. The molecule has 1 aromatic carbocycles. The van der Waals surface area contributed by atoms with E-state index < -0.39 is 12.0 Å². The Morgan fingerprint density at radius 3 is 2.42 bits per heavy atom. The van der Waals surface area contributed by atoms with Crippen molar-refractivity contribution >= 4 is 17.6 Å². The van der Waals surface area contributed by atoms with E-state index in [0.29, 0.717) is 12.2 Å². The van der Waals surface area contributed by atoms with Gasteiger partial charge in [-0.3, -0.25) is 9.59 Å². The van der Waals surface area contributed by atoms with Gasteiger partial charge in [0.05, 0.1) is 0 Å². The van der Waals surface area contributed by atoms with Crippen LogP contribution in [-0.4, -0.2) is 23.0 Å². The number of nitrogens with one attached hydrogen (secondary N) is 2. The van der Waals surface area contributed by atoms with Crippen LogP contribution in [0.4, 0.5) is 5.69 Å². The number of hydrogen-bond acceptors (Lipinski definition) is 3. The molecule has 0 aliphatic carbocycles. The van der Waals surface area contributed by atoms with Gasteiger partial charge in [0, 0.05) is 19.2 Å². The van der Waals surface area contributed by atoms with Gasteiger partial charge in [-0.1, -0.05) is 32.0 Å². The zero-order chi connectivity index (χ0) is 14.4. The number of hydrogen-bond donors (Lipinski definition) is 3. The van der Waals surface area contributed by atoms with E-state index in [1.165, 1.54) is 6.92 Å². The minimum absolute atomic E-state index is 0.00886. The van der Waals surface area contributed by atoms with Crippen molar-refractivity contribution < 1.29 is 14.7 Å². The Balaban J connectivity index is 2.76. The molecule has 19 heavy (non-hydrogen) atoms. The van der Waals surface area contributed by atoms with Gasteiger partial charge in [0.25, 0.3) is 0 Å². The predicted octanol–water partition coefficient (Wildman–Crippen LogP) is 1.84. The minimum Gasteiger partial charge on any atom is -0.480 e. The van der Waals surface area contributed by atoms with Crippen molar-refractivity contribution in [3.8, 4) is 0 Å². The van der Waals surface area contributed by atoms with Gasteiger partial charge < -0.3 is 15.7 Å². The molecule has 0 aliphatic heterocycles. The van der Waals surface area contributed by atoms with Crippen LogP contribution in [0.15, 0.2) is 24.3 Å². The molecule has 0 radical (unpaired) electrons. The van der Waals surface area contributed by atoms with Gasteiger partial charge in [0.1, 0.15) is 6.04 Å². The molecule has 0 aromatic heterocycles. The Morgan fingerprint density at radius 1 is 1.26 bits per heavy atom. The first-order valence-corrected chi connectivity index (χ1v) is 6.23. The van der Waals surface area contributed by atoms with Crippen molar-refractivity contribution in [1.82, 2.24) is 5.32 Å². The Hall–Kier alpha value is -1.88. The lowest BCUT2D eigenvalue weighted by atomic mass is 10.0. The summed E-state index contributed by atoms with van der Waals surface area (Å²) in [6.07, 6.45) is 0. The molecule has 1 amide bonds. The average Bonchev–Trinajstić information content (AvgIpc) is 2.29. The van der Waals surface area contributed by atoms with Crippen LogP contribution in [0.1, 0.15) is 26.3 Å². The van der Waals surface area contributed by atoms with E-state index in [0.717, 1.165) is 5.56 Å². The van der Waals surface area contributed by atoms with Gasteiger partial charge in [-0.25, -0.2) is 0 Å². The molecule has 104 valence electrons. The fourth-order valence-electron chi connectivity index (χ4n) is 1.81. The van der Waals surface area contributed by atoms with Crippen molar-refractivity contribution in [2.75, 3.05) is 5.32 Å². The quantitative estimate of drug-likeness (QED) is 0.732. The molecule has 5 heteroatoms. The Kier molecular flexibility index (Phi) is 5.51. The summed E-state index contributed by atoms with van der Waals surface area (Å²) in [6, 6.07) is 6.73. The molecule has 1 atom stereocenters. The normalized spacial score (nSPS) is 12.2. The highest BCUT2D eigenvalue weighted by molar-refractivity contribution is 5.89. The zero-order valence-electron chi connectivity index (χ0n) is 11.4. The number of benzene rings is 1. The predicted molar refractivity (Wildman–Crippen MR) is 73.8 cm³/mol. The fraction of sp³-hybridized carbons (Fsp3) is 0.429. The van der Waals surface area contributed by atoms with Crippen molar-refractivity contribution in [1.29, 1.82) is 0 Å². The summed E-state index contributed by atoms with van der Waals surface area (Å²) in [5.74, 6) is -1.02. The molecule has 1 aromatic rings. The van der Waals surface area contributed by atoms with Gasteiger partial charge in [0.15, 0.2) is 0 Å². The maximum atomic E-state index is 11.1. The number of aliphatic carboxylic acids is 1. The van der Waals surface area contributed by atoms with E-state index in [4.69, 9.17) is 5.11 Å². The first-order valence-electron chi connectivity index (χ1n) is 6.23. The number of carboxylic acids is 1. The van der Waals surface area contributed by atoms with Crippen molar-refractivity contribution in [2.24, 2.45) is 5.92 Å². The molecule has 0 heterocycles. The standard InChI is InChI=1S/C14H20N2O3/c1-9(2)13(14(18)19)15-8-11-6-4-5-7-12(11)16-10(3)17/h4-7,9,13,15H,8H2,1-3H3,(H,16,17)(H,18,19). The fourth-order valence-corrected chi connectivity index (χ4v) is 1.81. The van der Waals surface area contributed by atoms with Gasteiger partial charge >= 0.3 is 5.97 Å². The third-order valence-electron chi connectivity index (χ3n) is 2.77. The molecule has 5 nitrogen and oxygen atoms in total. The lowest BCUT2D eigenvalue weighted by Gasteiger charge is -2.19. The van der Waals surface area contributed by atoms with Gasteiger partial charge in [-0.2, -0.15) is 0 Å². The molecule has 1 rings (SSSR count). The van der Waals surface area contributed by atoms with Crippen LogP contribution in [-0.2, 0) is 16.1 Å². The van der Waals surface area contributed by atoms with Crippen LogP contribution < -0.4 is 10.6 Å². The lowest BCUT2D eigenvalue weighted by molar-refractivity contribution is -0.140. The Labute approximate surface area is 113 Å². The summed E-state index contributed by atoms with van der Waals surface area (Å²) in [7, 11) is 0. The number of rotatable bonds is 6. The number of anilines is 1. The molecular weight excluding hydrogens is 244 g/mol. The summed E-state index contributed by atoms with van der Waals surface area (Å²) in [5.41, 5.74) is 1.57. The van der Waals surface area contributed by atoms with Gasteiger partial charge in [-0.15, -0.1) is 0 Å². The van der Waals surface area contributed by atoms with E-state index in [1.807, 2.05) is 32.0 Å². The van der Waals surface area contributed by atoms with Crippen LogP contribution >= 0.6 is 0 Å². The Bertz CT molecular complexity index is 458. The molecule has 0 bridgehead atoms. The van der Waals surface area contributed by atoms with E-state index in [2.05, 4.69) is 10.6 Å². The van der Waals surface area contributed by atoms with Gasteiger partial charge in [0.2, 0.25) is 5.91 Å². The number of para-hydroxylation sites is 1. The maximum absolute atomic E-state index is 11.1. The summed E-state index contributed by atoms with van der Waals surface area (Å²) < 4.78 is 0. The second-order valence-corrected chi connectivity index (χ2v) is 4.78. The van der Waals surface area contributed by atoms with E-state index in [-0.39, 0.29) is 11.8 Å². The van der Waals surface area contributed by atoms with Crippen molar-refractivity contribution in [2.45, 2.75) is 33.4 Å². The second kappa shape index (κ2) is 6.89. The summed E-state index contributed by atoms with van der Waals surface area (Å²) in [4.78, 5) is 22.2. The first-order chi connectivity index (χ1) is 8.91. The van der Waals surface area contributed by atoms with Crippen LogP contribution in [0.3, 0.4) is 0 Å². The monoisotopic (exact) mass is 264 g/mol. The molecule has 0 fully saturated rings. The molecular formula is C14H20N2O3. The molecule has 0 aliphatic rings. The maximum Gasteiger partial charge on any atom is 0.320 e.